The van der Waals surface area contributed by atoms with Crippen LogP contribution >= 0.6 is 24.0 Å². The van der Waals surface area contributed by atoms with E-state index in [9.17, 15) is 5.11 Å². The molecule has 0 amide bonds. The predicted octanol–water partition coefficient (Wildman–Crippen LogP) is 3.19. The Hall–Kier alpha value is -0.900. The van der Waals surface area contributed by atoms with Crippen LogP contribution in [0.2, 0.25) is 0 Å². The number of nitrogens with one attached hydrogen (secondary N) is 2. The fraction of sp³-hybridized carbons (Fsp3) is 0.708. The molecular formula is C24H42IN5O. The van der Waals surface area contributed by atoms with Gasteiger partial charge in [-0.1, -0.05) is 37.6 Å². The first kappa shape index (κ1) is 26.4. The molecule has 0 spiro atoms. The van der Waals surface area contributed by atoms with Gasteiger partial charge in [-0.25, -0.2) is 0 Å². The lowest BCUT2D eigenvalue weighted by atomic mass is 10.0. The number of likely N-dealkylation sites (tertiary alicyclic amines) is 2. The summed E-state index contributed by atoms with van der Waals surface area (Å²) in [4.78, 5) is 9.44. The molecule has 2 saturated heterocycles. The average Bonchev–Trinajstić information content (AvgIpc) is 2.78. The van der Waals surface area contributed by atoms with Crippen molar-refractivity contribution in [1.29, 1.82) is 0 Å². The van der Waals surface area contributed by atoms with E-state index in [0.29, 0.717) is 6.04 Å². The summed E-state index contributed by atoms with van der Waals surface area (Å²) >= 11 is 0. The molecule has 176 valence electrons. The number of aliphatic hydroxyl groups excluding tert-OH is 1. The van der Waals surface area contributed by atoms with Crippen LogP contribution in [0.25, 0.3) is 0 Å². The van der Waals surface area contributed by atoms with Crippen LogP contribution < -0.4 is 10.6 Å². The third-order valence-corrected chi connectivity index (χ3v) is 6.43. The Kier molecular flexibility index (Phi) is 12.1. The summed E-state index contributed by atoms with van der Waals surface area (Å²) < 4.78 is 0. The second kappa shape index (κ2) is 14.3. The lowest BCUT2D eigenvalue weighted by Gasteiger charge is -2.33. The van der Waals surface area contributed by atoms with Crippen molar-refractivity contribution in [1.82, 2.24) is 20.4 Å². The van der Waals surface area contributed by atoms with Crippen LogP contribution in [0.5, 0.6) is 0 Å². The van der Waals surface area contributed by atoms with Gasteiger partial charge in [0.2, 0.25) is 0 Å². The predicted molar refractivity (Wildman–Crippen MR) is 140 cm³/mol. The fourth-order valence-electron chi connectivity index (χ4n) is 4.35. The summed E-state index contributed by atoms with van der Waals surface area (Å²) in [5.74, 6) is 0.901. The highest BCUT2D eigenvalue weighted by atomic mass is 127. The number of nitrogens with zero attached hydrogens (tertiary/aromatic N) is 3. The maximum absolute atomic E-state index is 9.65. The smallest absolute Gasteiger partial charge is 0.191 e. The van der Waals surface area contributed by atoms with Crippen molar-refractivity contribution in [3.8, 4) is 0 Å². The third kappa shape index (κ3) is 9.24. The quantitative estimate of drug-likeness (QED) is 0.267. The van der Waals surface area contributed by atoms with Gasteiger partial charge in [-0.3, -0.25) is 9.89 Å². The molecule has 1 aromatic carbocycles. The minimum atomic E-state index is -0.105. The molecule has 0 bridgehead atoms. The van der Waals surface area contributed by atoms with Crippen LogP contribution in [0.3, 0.4) is 0 Å². The zero-order valence-electron chi connectivity index (χ0n) is 19.4. The van der Waals surface area contributed by atoms with E-state index in [0.717, 1.165) is 45.0 Å². The molecule has 2 aliphatic heterocycles. The van der Waals surface area contributed by atoms with Gasteiger partial charge in [-0.05, 0) is 49.8 Å². The number of halogens is 1. The van der Waals surface area contributed by atoms with Crippen molar-refractivity contribution >= 4 is 29.9 Å². The summed E-state index contributed by atoms with van der Waals surface area (Å²) in [5.41, 5.74) is 2.61. The first-order valence-corrected chi connectivity index (χ1v) is 11.8. The minimum Gasteiger partial charge on any atom is -0.393 e. The Bertz CT molecular complexity index is 638. The molecule has 0 atom stereocenters. The van der Waals surface area contributed by atoms with Crippen molar-refractivity contribution in [3.05, 3.63) is 35.4 Å². The first-order chi connectivity index (χ1) is 14.7. The number of hydrogen-bond acceptors (Lipinski definition) is 4. The molecule has 0 unspecified atom stereocenters. The van der Waals surface area contributed by atoms with Gasteiger partial charge in [0.25, 0.3) is 0 Å². The Morgan fingerprint density at radius 1 is 1.00 bits per heavy atom. The van der Waals surface area contributed by atoms with E-state index in [1.807, 2.05) is 7.05 Å². The Labute approximate surface area is 205 Å². The molecule has 7 heteroatoms. The Morgan fingerprint density at radius 3 is 2.23 bits per heavy atom. The third-order valence-electron chi connectivity index (χ3n) is 6.43. The number of hydrogen-bond donors (Lipinski definition) is 3. The van der Waals surface area contributed by atoms with E-state index in [1.165, 1.54) is 56.4 Å². The molecule has 0 aromatic heterocycles. The van der Waals surface area contributed by atoms with E-state index in [-0.39, 0.29) is 30.1 Å². The second-order valence-electron chi connectivity index (χ2n) is 8.86. The highest BCUT2D eigenvalue weighted by Crippen LogP contribution is 2.14. The number of piperidine rings is 2. The van der Waals surface area contributed by atoms with E-state index in [2.05, 4.69) is 56.6 Å². The summed E-state index contributed by atoms with van der Waals surface area (Å²) in [5, 5.41) is 16.7. The van der Waals surface area contributed by atoms with Crippen LogP contribution in [0.1, 0.15) is 56.6 Å². The monoisotopic (exact) mass is 543 g/mol. The zero-order valence-corrected chi connectivity index (χ0v) is 21.7. The standard InChI is InChI=1S/C24H41N5O.HI/c1-3-4-13-28-14-9-22(10-15-28)27-24(25-2)26-18-20-5-7-21(8-6-20)19-29-16-11-23(30)12-17-29;/h5-8,22-23,30H,3-4,9-19H2,1-2H3,(H2,25,26,27);1H. The number of unbranched alkanes of at least 4 members (excludes halogenated alkanes) is 1. The Balaban J connectivity index is 0.00000341. The largest absolute Gasteiger partial charge is 0.393 e. The van der Waals surface area contributed by atoms with Crippen LogP contribution in [-0.2, 0) is 13.1 Å². The van der Waals surface area contributed by atoms with Crippen molar-refractivity contribution in [2.75, 3.05) is 39.8 Å². The van der Waals surface area contributed by atoms with Gasteiger partial charge in [0, 0.05) is 52.4 Å². The van der Waals surface area contributed by atoms with Gasteiger partial charge in [0.15, 0.2) is 5.96 Å². The molecule has 0 saturated carbocycles. The number of rotatable bonds is 8. The van der Waals surface area contributed by atoms with E-state index < -0.39 is 0 Å². The lowest BCUT2D eigenvalue weighted by Crippen LogP contribution is -2.48. The van der Waals surface area contributed by atoms with Crippen LogP contribution in [0.15, 0.2) is 29.3 Å². The molecule has 2 heterocycles. The molecule has 1 aromatic rings. The number of guanidine groups is 1. The Morgan fingerprint density at radius 2 is 1.61 bits per heavy atom. The topological polar surface area (TPSA) is 63.1 Å². The molecule has 6 nitrogen and oxygen atoms in total. The van der Waals surface area contributed by atoms with Gasteiger partial charge in [-0.2, -0.15) is 0 Å². The molecule has 3 N–H and O–H groups in total. The van der Waals surface area contributed by atoms with Gasteiger partial charge >= 0.3 is 0 Å². The molecule has 0 aliphatic carbocycles. The lowest BCUT2D eigenvalue weighted by molar-refractivity contribution is 0.0792. The summed E-state index contributed by atoms with van der Waals surface area (Å²) in [6.45, 7) is 9.61. The maximum atomic E-state index is 9.65. The zero-order chi connectivity index (χ0) is 21.2. The van der Waals surface area contributed by atoms with Crippen molar-refractivity contribution in [2.24, 2.45) is 4.99 Å². The highest BCUT2D eigenvalue weighted by Gasteiger charge is 2.19. The number of aliphatic hydroxyl groups is 1. The minimum absolute atomic E-state index is 0. The molecule has 2 fully saturated rings. The second-order valence-corrected chi connectivity index (χ2v) is 8.86. The fourth-order valence-corrected chi connectivity index (χ4v) is 4.35. The van der Waals surface area contributed by atoms with Crippen LogP contribution in [-0.4, -0.2) is 72.8 Å². The van der Waals surface area contributed by atoms with Crippen LogP contribution in [0.4, 0.5) is 0 Å². The van der Waals surface area contributed by atoms with Crippen LogP contribution in [0, 0.1) is 0 Å². The molecule has 0 radical (unpaired) electrons. The normalized spacial score (nSPS) is 19.8. The summed E-state index contributed by atoms with van der Waals surface area (Å²) in [7, 11) is 1.85. The molecular weight excluding hydrogens is 501 g/mol. The van der Waals surface area contributed by atoms with Gasteiger partial charge in [-0.15, -0.1) is 24.0 Å². The van der Waals surface area contributed by atoms with Gasteiger partial charge in [0.1, 0.15) is 0 Å². The van der Waals surface area contributed by atoms with Gasteiger partial charge in [0.05, 0.1) is 6.10 Å². The maximum Gasteiger partial charge on any atom is 0.191 e. The first-order valence-electron chi connectivity index (χ1n) is 11.8. The van der Waals surface area contributed by atoms with E-state index in [4.69, 9.17) is 0 Å². The van der Waals surface area contributed by atoms with E-state index >= 15 is 0 Å². The van der Waals surface area contributed by atoms with Crippen molar-refractivity contribution in [3.63, 3.8) is 0 Å². The number of aliphatic imine (C=N–C) groups is 1. The molecule has 31 heavy (non-hydrogen) atoms. The van der Waals surface area contributed by atoms with Gasteiger partial charge < -0.3 is 20.6 Å². The van der Waals surface area contributed by atoms with Crippen molar-refractivity contribution < 1.29 is 5.11 Å². The summed E-state index contributed by atoms with van der Waals surface area (Å²) in [6, 6.07) is 9.38. The number of benzene rings is 1. The summed E-state index contributed by atoms with van der Waals surface area (Å²) in [6.07, 6.45) is 6.64. The SMILES string of the molecule is CCCCN1CCC(NC(=NC)NCc2ccc(CN3CCC(O)CC3)cc2)CC1.I. The molecule has 2 aliphatic rings. The molecule has 3 rings (SSSR count). The van der Waals surface area contributed by atoms with E-state index in [1.54, 1.807) is 0 Å². The average molecular weight is 544 g/mol. The highest BCUT2D eigenvalue weighted by molar-refractivity contribution is 14.0. The van der Waals surface area contributed by atoms with Crippen molar-refractivity contribution in [2.45, 2.75) is 70.7 Å².